The van der Waals surface area contributed by atoms with E-state index in [-0.39, 0.29) is 11.9 Å². The minimum Gasteiger partial charge on any atom is -0.480 e. The maximum absolute atomic E-state index is 12.2. The number of carbonyl (C=O) groups is 2. The number of urea groups is 1. The number of aliphatic carboxylic acids is 1. The lowest BCUT2D eigenvalue weighted by Crippen LogP contribution is -2.49. The highest BCUT2D eigenvalue weighted by Crippen LogP contribution is 2.33. The van der Waals surface area contributed by atoms with Crippen LogP contribution in [0.5, 0.6) is 0 Å². The summed E-state index contributed by atoms with van der Waals surface area (Å²) in [6, 6.07) is -0.890. The molecule has 0 bridgehead atoms. The number of nitrogens with zero attached hydrogens (tertiary/aromatic N) is 1. The highest BCUT2D eigenvalue weighted by molar-refractivity contribution is 5.83. The van der Waals surface area contributed by atoms with E-state index in [2.05, 4.69) is 12.2 Å². The van der Waals surface area contributed by atoms with Crippen LogP contribution < -0.4 is 5.32 Å². The van der Waals surface area contributed by atoms with Crippen LogP contribution in [-0.2, 0) is 4.79 Å². The number of rotatable bonds is 5. The lowest BCUT2D eigenvalue weighted by Gasteiger charge is -2.23. The Morgan fingerprint density at radius 2 is 2.00 bits per heavy atom. The topological polar surface area (TPSA) is 69.6 Å². The van der Waals surface area contributed by atoms with E-state index in [1.807, 2.05) is 0 Å². The highest BCUT2D eigenvalue weighted by Gasteiger charge is 2.38. The van der Waals surface area contributed by atoms with Crippen LogP contribution in [0.2, 0.25) is 0 Å². The molecular weight excluding hydrogens is 256 g/mol. The van der Waals surface area contributed by atoms with Gasteiger partial charge in [0.05, 0.1) is 0 Å². The van der Waals surface area contributed by atoms with Crippen molar-refractivity contribution in [1.29, 1.82) is 0 Å². The van der Waals surface area contributed by atoms with Gasteiger partial charge < -0.3 is 15.3 Å². The molecule has 0 aromatic rings. The Morgan fingerprint density at radius 1 is 1.25 bits per heavy atom. The van der Waals surface area contributed by atoms with Gasteiger partial charge in [-0.05, 0) is 43.9 Å². The van der Waals surface area contributed by atoms with Gasteiger partial charge in [-0.2, -0.15) is 0 Å². The van der Waals surface area contributed by atoms with E-state index in [9.17, 15) is 9.59 Å². The first-order valence-electron chi connectivity index (χ1n) is 7.90. The van der Waals surface area contributed by atoms with Gasteiger partial charge in [-0.1, -0.05) is 19.8 Å². The molecule has 2 rings (SSSR count). The lowest BCUT2D eigenvalue weighted by molar-refractivity contribution is -0.139. The van der Waals surface area contributed by atoms with Crippen molar-refractivity contribution >= 4 is 12.0 Å². The standard InChI is InChI=1S/C15H26N2O3/c1-2-4-11-5-3-9-17(10-8-11)15(20)16-13(14(18)19)12-6-7-12/h11-13H,2-10H2,1H3,(H,16,20)(H,18,19). The van der Waals surface area contributed by atoms with Crippen molar-refractivity contribution in [2.24, 2.45) is 11.8 Å². The Morgan fingerprint density at radius 3 is 2.60 bits per heavy atom. The normalized spacial score (nSPS) is 24.9. The van der Waals surface area contributed by atoms with Crippen LogP contribution in [0.4, 0.5) is 4.79 Å². The molecule has 2 fully saturated rings. The molecule has 2 atom stereocenters. The first-order valence-corrected chi connectivity index (χ1v) is 7.90. The molecule has 2 unspecified atom stereocenters. The Bertz CT molecular complexity index is 355. The van der Waals surface area contributed by atoms with Gasteiger partial charge in [0, 0.05) is 13.1 Å². The summed E-state index contributed by atoms with van der Waals surface area (Å²) in [7, 11) is 0. The van der Waals surface area contributed by atoms with E-state index < -0.39 is 12.0 Å². The fourth-order valence-corrected chi connectivity index (χ4v) is 3.10. The number of nitrogens with one attached hydrogen (secondary N) is 1. The number of carboxylic acids is 1. The second-order valence-corrected chi connectivity index (χ2v) is 6.18. The number of likely N-dealkylation sites (tertiary alicyclic amines) is 1. The largest absolute Gasteiger partial charge is 0.480 e. The average Bonchev–Trinajstić information content (AvgIpc) is 3.23. The molecule has 0 spiro atoms. The van der Waals surface area contributed by atoms with Crippen LogP contribution in [0.3, 0.4) is 0 Å². The number of hydrogen-bond donors (Lipinski definition) is 2. The van der Waals surface area contributed by atoms with Crippen LogP contribution in [0.25, 0.3) is 0 Å². The summed E-state index contributed by atoms with van der Waals surface area (Å²) in [5, 5.41) is 11.9. The van der Waals surface area contributed by atoms with Crippen molar-refractivity contribution in [1.82, 2.24) is 10.2 Å². The molecule has 114 valence electrons. The molecule has 0 radical (unpaired) electrons. The zero-order chi connectivity index (χ0) is 14.5. The first kappa shape index (κ1) is 15.1. The van der Waals surface area contributed by atoms with Crippen LogP contribution in [0.15, 0.2) is 0 Å². The predicted octanol–water partition coefficient (Wildman–Crippen LogP) is 2.46. The first-order chi connectivity index (χ1) is 9.61. The van der Waals surface area contributed by atoms with E-state index in [4.69, 9.17) is 5.11 Å². The van der Waals surface area contributed by atoms with Crippen LogP contribution in [-0.4, -0.2) is 41.1 Å². The van der Waals surface area contributed by atoms with E-state index in [0.717, 1.165) is 44.7 Å². The molecule has 1 saturated heterocycles. The van der Waals surface area contributed by atoms with E-state index in [1.165, 1.54) is 19.3 Å². The third-order valence-corrected chi connectivity index (χ3v) is 4.47. The maximum Gasteiger partial charge on any atom is 0.326 e. The Kier molecular flexibility index (Phi) is 5.26. The minimum absolute atomic E-state index is 0.135. The molecule has 2 amide bonds. The number of amides is 2. The van der Waals surface area contributed by atoms with Crippen molar-refractivity contribution in [3.8, 4) is 0 Å². The van der Waals surface area contributed by atoms with Gasteiger partial charge >= 0.3 is 12.0 Å². The smallest absolute Gasteiger partial charge is 0.326 e. The van der Waals surface area contributed by atoms with E-state index in [0.29, 0.717) is 0 Å². The Labute approximate surface area is 120 Å². The molecule has 0 aromatic heterocycles. The zero-order valence-corrected chi connectivity index (χ0v) is 12.3. The molecule has 1 aliphatic carbocycles. The summed E-state index contributed by atoms with van der Waals surface area (Å²) in [6.07, 6.45) is 7.50. The molecule has 1 aliphatic heterocycles. The van der Waals surface area contributed by atoms with Gasteiger partial charge in [-0.15, -0.1) is 0 Å². The predicted molar refractivity (Wildman–Crippen MR) is 76.5 cm³/mol. The summed E-state index contributed by atoms with van der Waals surface area (Å²) in [5.74, 6) is -0.0488. The van der Waals surface area contributed by atoms with E-state index >= 15 is 0 Å². The van der Waals surface area contributed by atoms with Crippen LogP contribution in [0, 0.1) is 11.8 Å². The van der Waals surface area contributed by atoms with Gasteiger partial charge in [-0.25, -0.2) is 9.59 Å². The lowest BCUT2D eigenvalue weighted by atomic mass is 9.96. The van der Waals surface area contributed by atoms with Gasteiger partial charge in [0.15, 0.2) is 0 Å². The molecule has 1 heterocycles. The number of carbonyl (C=O) groups excluding carboxylic acids is 1. The molecule has 20 heavy (non-hydrogen) atoms. The summed E-state index contributed by atoms with van der Waals surface area (Å²) >= 11 is 0. The third-order valence-electron chi connectivity index (χ3n) is 4.47. The second-order valence-electron chi connectivity index (χ2n) is 6.18. The fourth-order valence-electron chi connectivity index (χ4n) is 3.10. The maximum atomic E-state index is 12.2. The quantitative estimate of drug-likeness (QED) is 0.813. The Balaban J connectivity index is 1.84. The van der Waals surface area contributed by atoms with Crippen molar-refractivity contribution in [2.45, 2.75) is 57.9 Å². The van der Waals surface area contributed by atoms with Crippen LogP contribution in [0.1, 0.15) is 51.9 Å². The fraction of sp³-hybridized carbons (Fsp3) is 0.867. The number of carboxylic acid groups (broad SMARTS) is 1. The third kappa shape index (κ3) is 4.12. The van der Waals surface area contributed by atoms with Gasteiger partial charge in [0.25, 0.3) is 0 Å². The summed E-state index contributed by atoms with van der Waals surface area (Å²) < 4.78 is 0. The molecule has 2 aliphatic rings. The second kappa shape index (κ2) is 6.95. The molecule has 1 saturated carbocycles. The molecule has 5 nitrogen and oxygen atoms in total. The van der Waals surface area contributed by atoms with Gasteiger partial charge in [-0.3, -0.25) is 0 Å². The molecule has 5 heteroatoms. The molecule has 0 aromatic carbocycles. The summed E-state index contributed by atoms with van der Waals surface area (Å²) in [6.45, 7) is 3.71. The van der Waals surface area contributed by atoms with Crippen molar-refractivity contribution in [3.63, 3.8) is 0 Å². The summed E-state index contributed by atoms with van der Waals surface area (Å²) in [5.41, 5.74) is 0. The average molecular weight is 282 g/mol. The minimum atomic E-state index is -0.903. The monoisotopic (exact) mass is 282 g/mol. The Hall–Kier alpha value is -1.26. The van der Waals surface area contributed by atoms with Gasteiger partial charge in [0.1, 0.15) is 6.04 Å². The van der Waals surface area contributed by atoms with Crippen LogP contribution >= 0.6 is 0 Å². The van der Waals surface area contributed by atoms with Crippen molar-refractivity contribution in [3.05, 3.63) is 0 Å². The molecule has 2 N–H and O–H groups in total. The zero-order valence-electron chi connectivity index (χ0n) is 12.3. The summed E-state index contributed by atoms with van der Waals surface area (Å²) in [4.78, 5) is 25.2. The number of hydrogen-bond acceptors (Lipinski definition) is 2. The SMILES string of the molecule is CCCC1CCCN(C(=O)NC(C(=O)O)C2CC2)CC1. The highest BCUT2D eigenvalue weighted by atomic mass is 16.4. The molecular formula is C15H26N2O3. The van der Waals surface area contributed by atoms with E-state index in [1.54, 1.807) is 4.90 Å². The van der Waals surface area contributed by atoms with Gasteiger partial charge in [0.2, 0.25) is 0 Å². The van der Waals surface area contributed by atoms with Crippen molar-refractivity contribution in [2.75, 3.05) is 13.1 Å². The van der Waals surface area contributed by atoms with Crippen molar-refractivity contribution < 1.29 is 14.7 Å².